The summed E-state index contributed by atoms with van der Waals surface area (Å²) in [7, 11) is 1.62. The van der Waals surface area contributed by atoms with Gasteiger partial charge in [0, 0.05) is 11.8 Å². The highest BCUT2D eigenvalue weighted by Crippen LogP contribution is 2.23. The van der Waals surface area contributed by atoms with Gasteiger partial charge in [-0.25, -0.2) is 4.39 Å². The van der Waals surface area contributed by atoms with E-state index in [-0.39, 0.29) is 11.7 Å². The van der Waals surface area contributed by atoms with Crippen LogP contribution in [-0.2, 0) is 0 Å². The maximum atomic E-state index is 13.2. The van der Waals surface area contributed by atoms with Gasteiger partial charge in [-0.2, -0.15) is 0 Å². The van der Waals surface area contributed by atoms with Crippen molar-refractivity contribution in [2.24, 2.45) is 0 Å². The van der Waals surface area contributed by atoms with Crippen LogP contribution in [0.2, 0.25) is 0 Å². The minimum Gasteiger partial charge on any atom is -0.497 e. The van der Waals surface area contributed by atoms with Crippen molar-refractivity contribution in [1.82, 2.24) is 0 Å². The zero-order valence-electron chi connectivity index (χ0n) is 11.9. The van der Waals surface area contributed by atoms with Gasteiger partial charge < -0.3 is 9.47 Å². The molecule has 0 amide bonds. The van der Waals surface area contributed by atoms with Crippen LogP contribution in [0.25, 0.3) is 0 Å². The lowest BCUT2D eigenvalue weighted by Crippen LogP contribution is -2.07. The van der Waals surface area contributed by atoms with Gasteiger partial charge in [-0.15, -0.1) is 11.6 Å². The number of hydrogen-bond acceptors (Lipinski definition) is 2. The summed E-state index contributed by atoms with van der Waals surface area (Å²) in [5.41, 5.74) is 0.906. The summed E-state index contributed by atoms with van der Waals surface area (Å²) in [5.74, 6) is 1.86. The van der Waals surface area contributed by atoms with Gasteiger partial charge in [-0.3, -0.25) is 0 Å². The van der Waals surface area contributed by atoms with E-state index < -0.39 is 0 Å². The van der Waals surface area contributed by atoms with Crippen LogP contribution in [0.15, 0.2) is 48.5 Å². The molecule has 0 bridgehead atoms. The zero-order valence-corrected chi connectivity index (χ0v) is 12.6. The second-order valence-electron chi connectivity index (χ2n) is 4.72. The smallest absolute Gasteiger partial charge is 0.123 e. The highest BCUT2D eigenvalue weighted by molar-refractivity contribution is 6.18. The number of ether oxygens (including phenoxy) is 2. The van der Waals surface area contributed by atoms with Crippen molar-refractivity contribution in [3.8, 4) is 11.5 Å². The number of methoxy groups -OCH3 is 1. The molecule has 0 aromatic heterocycles. The fourth-order valence-corrected chi connectivity index (χ4v) is 2.42. The Balaban J connectivity index is 1.88. The molecule has 1 unspecified atom stereocenters. The number of alkyl halides is 1. The first-order valence-corrected chi connectivity index (χ1v) is 7.34. The summed E-state index contributed by atoms with van der Waals surface area (Å²) in [5, 5.41) is 0. The van der Waals surface area contributed by atoms with E-state index >= 15 is 0 Å². The molecular weight excluding hydrogens is 291 g/mol. The summed E-state index contributed by atoms with van der Waals surface area (Å²) in [6, 6.07) is 14.0. The quantitative estimate of drug-likeness (QED) is 0.695. The van der Waals surface area contributed by atoms with E-state index in [0.29, 0.717) is 12.5 Å². The van der Waals surface area contributed by atoms with Crippen molar-refractivity contribution in [2.75, 3.05) is 19.6 Å². The van der Waals surface area contributed by atoms with Crippen molar-refractivity contribution in [2.45, 2.75) is 12.3 Å². The predicted molar refractivity (Wildman–Crippen MR) is 83.0 cm³/mol. The van der Waals surface area contributed by atoms with Gasteiger partial charge >= 0.3 is 0 Å². The lowest BCUT2D eigenvalue weighted by molar-refractivity contribution is 0.300. The molecule has 0 aliphatic rings. The van der Waals surface area contributed by atoms with Crippen LogP contribution < -0.4 is 9.47 Å². The van der Waals surface area contributed by atoms with Crippen molar-refractivity contribution < 1.29 is 13.9 Å². The third kappa shape index (κ3) is 4.64. The van der Waals surface area contributed by atoms with Gasteiger partial charge in [0.25, 0.3) is 0 Å². The largest absolute Gasteiger partial charge is 0.497 e. The molecule has 0 fully saturated rings. The highest BCUT2D eigenvalue weighted by atomic mass is 35.5. The van der Waals surface area contributed by atoms with Crippen molar-refractivity contribution in [3.63, 3.8) is 0 Å². The average Bonchev–Trinajstić information content (AvgIpc) is 2.52. The molecule has 0 saturated heterocycles. The first-order chi connectivity index (χ1) is 10.2. The van der Waals surface area contributed by atoms with Crippen molar-refractivity contribution >= 4 is 11.6 Å². The topological polar surface area (TPSA) is 18.5 Å². The zero-order chi connectivity index (χ0) is 15.1. The SMILES string of the molecule is COc1ccc(OCCC(CCl)c2cccc(F)c2)cc1. The second-order valence-corrected chi connectivity index (χ2v) is 5.03. The van der Waals surface area contributed by atoms with E-state index in [9.17, 15) is 4.39 Å². The van der Waals surface area contributed by atoms with Crippen LogP contribution in [0.4, 0.5) is 4.39 Å². The second kappa shape index (κ2) is 7.89. The van der Waals surface area contributed by atoms with Gasteiger partial charge in [0.15, 0.2) is 0 Å². The summed E-state index contributed by atoms with van der Waals surface area (Å²) < 4.78 is 24.0. The highest BCUT2D eigenvalue weighted by Gasteiger charge is 2.11. The Hall–Kier alpha value is -1.74. The Bertz CT molecular complexity index is 557. The third-order valence-electron chi connectivity index (χ3n) is 3.30. The molecule has 21 heavy (non-hydrogen) atoms. The molecule has 0 radical (unpaired) electrons. The summed E-state index contributed by atoms with van der Waals surface area (Å²) in [4.78, 5) is 0. The standard InChI is InChI=1S/C17H18ClFO2/c1-20-16-5-7-17(8-6-16)21-10-9-14(12-18)13-3-2-4-15(19)11-13/h2-8,11,14H,9-10,12H2,1H3. The molecule has 112 valence electrons. The fourth-order valence-electron chi connectivity index (χ4n) is 2.08. The lowest BCUT2D eigenvalue weighted by Gasteiger charge is -2.15. The summed E-state index contributed by atoms with van der Waals surface area (Å²) >= 11 is 5.98. The van der Waals surface area contributed by atoms with Crippen LogP contribution in [0.5, 0.6) is 11.5 Å². The van der Waals surface area contributed by atoms with Gasteiger partial charge in [0.1, 0.15) is 17.3 Å². The molecule has 0 spiro atoms. The summed E-state index contributed by atoms with van der Waals surface area (Å²) in [6.07, 6.45) is 0.735. The minimum atomic E-state index is -0.237. The van der Waals surface area contributed by atoms with Crippen molar-refractivity contribution in [3.05, 3.63) is 59.9 Å². The number of hydrogen-bond donors (Lipinski definition) is 0. The molecule has 2 nitrogen and oxygen atoms in total. The van der Waals surface area contributed by atoms with E-state index in [1.54, 1.807) is 13.2 Å². The molecule has 0 saturated carbocycles. The Kier molecular flexibility index (Phi) is 5.88. The maximum absolute atomic E-state index is 13.2. The van der Waals surface area contributed by atoms with Gasteiger partial charge in [-0.05, 0) is 48.4 Å². The normalized spacial score (nSPS) is 12.0. The van der Waals surface area contributed by atoms with E-state index in [4.69, 9.17) is 21.1 Å². The predicted octanol–water partition coefficient (Wildman–Crippen LogP) is 4.63. The van der Waals surface area contributed by atoms with Gasteiger partial charge in [-0.1, -0.05) is 12.1 Å². The molecule has 0 heterocycles. The Labute approximate surface area is 129 Å². The fraction of sp³-hybridized carbons (Fsp3) is 0.294. The van der Waals surface area contributed by atoms with Gasteiger partial charge in [0.05, 0.1) is 13.7 Å². The van der Waals surface area contributed by atoms with Crippen LogP contribution >= 0.6 is 11.6 Å². The van der Waals surface area contributed by atoms with E-state index in [2.05, 4.69) is 0 Å². The van der Waals surface area contributed by atoms with Crippen LogP contribution in [0, 0.1) is 5.82 Å². The molecule has 1 atom stereocenters. The molecule has 0 aliphatic heterocycles. The van der Waals surface area contributed by atoms with E-state index in [1.807, 2.05) is 30.3 Å². The Morgan fingerprint density at radius 3 is 2.43 bits per heavy atom. The number of benzene rings is 2. The molecule has 0 aliphatic carbocycles. The molecule has 2 aromatic carbocycles. The molecule has 0 N–H and O–H groups in total. The Morgan fingerprint density at radius 2 is 1.81 bits per heavy atom. The van der Waals surface area contributed by atoms with Crippen LogP contribution in [0.3, 0.4) is 0 Å². The molecule has 4 heteroatoms. The first kappa shape index (κ1) is 15.6. The summed E-state index contributed by atoms with van der Waals surface area (Å²) in [6.45, 7) is 0.528. The van der Waals surface area contributed by atoms with Crippen molar-refractivity contribution in [1.29, 1.82) is 0 Å². The van der Waals surface area contributed by atoms with E-state index in [0.717, 1.165) is 23.5 Å². The minimum absolute atomic E-state index is 0.0839. The number of halogens is 2. The maximum Gasteiger partial charge on any atom is 0.123 e. The molecule has 2 rings (SSSR count). The number of rotatable bonds is 7. The average molecular weight is 309 g/mol. The monoisotopic (exact) mass is 308 g/mol. The van der Waals surface area contributed by atoms with E-state index in [1.165, 1.54) is 12.1 Å². The molecule has 2 aromatic rings. The third-order valence-corrected chi connectivity index (χ3v) is 3.67. The van der Waals surface area contributed by atoms with Crippen LogP contribution in [-0.4, -0.2) is 19.6 Å². The lowest BCUT2D eigenvalue weighted by atomic mass is 9.98. The molecular formula is C17H18ClFO2. The first-order valence-electron chi connectivity index (χ1n) is 6.81. The van der Waals surface area contributed by atoms with Crippen LogP contribution in [0.1, 0.15) is 17.9 Å². The van der Waals surface area contributed by atoms with Gasteiger partial charge in [0.2, 0.25) is 0 Å². The Morgan fingerprint density at radius 1 is 1.10 bits per heavy atom.